The van der Waals surface area contributed by atoms with Crippen LogP contribution in [0, 0.1) is 35.5 Å². The molecule has 9 rings (SSSR count). The van der Waals surface area contributed by atoms with Crippen molar-refractivity contribution in [2.75, 3.05) is 116 Å². The summed E-state index contributed by atoms with van der Waals surface area (Å²) in [6, 6.07) is 37.4. The number of nitrogens with one attached hydrogen (secondary N) is 1. The molecule has 7 aromatic rings. The van der Waals surface area contributed by atoms with Gasteiger partial charge in [-0.3, -0.25) is 0 Å². The van der Waals surface area contributed by atoms with Gasteiger partial charge in [-0.2, -0.15) is 0 Å². The molecule has 22 nitrogen and oxygen atoms in total. The summed E-state index contributed by atoms with van der Waals surface area (Å²) in [4.78, 5) is 25.7. The predicted octanol–water partition coefficient (Wildman–Crippen LogP) is 10.4. The van der Waals surface area contributed by atoms with Crippen LogP contribution < -0.4 is 18.9 Å². The maximum Gasteiger partial charge on any atom is 0.341 e. The Balaban J connectivity index is 1.10. The van der Waals surface area contributed by atoms with E-state index in [9.17, 15) is 9.90 Å². The van der Waals surface area contributed by atoms with Crippen molar-refractivity contribution in [1.29, 1.82) is 0 Å². The number of benzene rings is 4. The molecular formula is C68H63N3O19S. The topological polar surface area (TPSA) is 236 Å². The highest BCUT2D eigenvalue weighted by Gasteiger charge is 2.17. The lowest BCUT2D eigenvalue weighted by molar-refractivity contribution is -0.209. The van der Waals surface area contributed by atoms with Gasteiger partial charge < -0.3 is 90.6 Å². The lowest BCUT2D eigenvalue weighted by Crippen LogP contribution is -2.11. The summed E-state index contributed by atoms with van der Waals surface area (Å²) >= 11 is 1.53. The molecule has 0 amide bonds. The van der Waals surface area contributed by atoms with Crippen LogP contribution in [0.4, 0.5) is 0 Å². The molecule has 0 radical (unpaired) electrons. The van der Waals surface area contributed by atoms with Crippen LogP contribution in [-0.4, -0.2) is 142 Å². The lowest BCUT2D eigenvalue weighted by atomic mass is 10.1. The fourth-order valence-electron chi connectivity index (χ4n) is 8.37. The van der Waals surface area contributed by atoms with Gasteiger partial charge in [0, 0.05) is 58.5 Å². The second-order valence-corrected chi connectivity index (χ2v) is 19.9. The Morgan fingerprint density at radius 1 is 0.407 bits per heavy atom. The van der Waals surface area contributed by atoms with Crippen LogP contribution in [0.1, 0.15) is 56.2 Å². The summed E-state index contributed by atoms with van der Waals surface area (Å²) in [6.45, 7) is -0.739. The molecule has 3 aromatic heterocycles. The van der Waals surface area contributed by atoms with E-state index in [4.69, 9.17) is 90.5 Å². The molecule has 470 valence electrons. The minimum absolute atomic E-state index is 0.0180. The van der Waals surface area contributed by atoms with Gasteiger partial charge in [0.1, 0.15) is 36.6 Å². The number of aliphatic carboxylic acids is 1. The Bertz CT molecular complexity index is 3980. The molecule has 5 heterocycles. The number of thiophene rings is 1. The first-order valence-corrected chi connectivity index (χ1v) is 28.7. The third kappa shape index (κ3) is 20.9. The quantitative estimate of drug-likeness (QED) is 0.0221. The van der Waals surface area contributed by atoms with Crippen LogP contribution in [0.25, 0.3) is 55.9 Å². The smallest absolute Gasteiger partial charge is 0.341 e. The van der Waals surface area contributed by atoms with Gasteiger partial charge in [-0.05, 0) is 121 Å². The zero-order chi connectivity index (χ0) is 63.1. The Morgan fingerprint density at radius 2 is 0.813 bits per heavy atom. The van der Waals surface area contributed by atoms with E-state index in [-0.39, 0.29) is 88.3 Å². The number of carbonyl (C=O) groups is 1. The molecule has 23 heteroatoms. The van der Waals surface area contributed by atoms with E-state index in [1.54, 1.807) is 43.5 Å². The molecule has 0 atom stereocenters. The van der Waals surface area contributed by atoms with Crippen LogP contribution in [0.15, 0.2) is 121 Å². The molecule has 0 spiro atoms. The first-order valence-electron chi connectivity index (χ1n) is 27.8. The van der Waals surface area contributed by atoms with Gasteiger partial charge in [-0.1, -0.05) is 65.9 Å². The molecule has 2 aliphatic heterocycles. The second-order valence-electron chi connectivity index (χ2n) is 18.8. The number of aromatic nitrogens is 3. The van der Waals surface area contributed by atoms with Gasteiger partial charge in [0.15, 0.2) is 81.3 Å². The summed E-state index contributed by atoms with van der Waals surface area (Å²) < 4.78 is 92.1. The zero-order valence-electron chi connectivity index (χ0n) is 49.9. The van der Waals surface area contributed by atoms with Crippen molar-refractivity contribution < 1.29 is 90.4 Å². The number of aromatic amines is 1. The summed E-state index contributed by atoms with van der Waals surface area (Å²) in [5.74, 6) is 21.3. The number of fused-ring (bicyclic) bond motifs is 8. The van der Waals surface area contributed by atoms with Crippen LogP contribution in [0.3, 0.4) is 0 Å². The van der Waals surface area contributed by atoms with E-state index >= 15 is 0 Å². The standard InChI is InChI=1S/C68H63N3O19S/c1-74-35-77-38-79-40-81-42-83-44-85-46-89-54-11-5-7-48(32-54)13-20-56-59-23-24-60(69-59)57(21-14-49-8-6-12-55(33-49)90-47-86-45-84-43-82-41-80-39-78-36-75-2)62-27-28-64(71-62)68(51-16-18-52(19-17-51)87-34-67(72)73)66-30-29-65(91-66)58(63-26-25-61(56)70-63)22-15-50-9-4-10-53(31-50)88-37-76-3/h4-12,16-19,23-33,71H,34-47H2,1-3H3,(H,72,73). The Hall–Kier alpha value is -9.27. The van der Waals surface area contributed by atoms with Gasteiger partial charge in [0.25, 0.3) is 0 Å². The van der Waals surface area contributed by atoms with Crippen molar-refractivity contribution in [3.05, 3.63) is 177 Å². The van der Waals surface area contributed by atoms with Gasteiger partial charge in [0.2, 0.25) is 0 Å². The average Bonchev–Trinajstić information content (AvgIpc) is 1.68. The third-order valence-corrected chi connectivity index (χ3v) is 13.4. The lowest BCUT2D eigenvalue weighted by Gasteiger charge is -2.09. The number of nitrogens with zero attached hydrogens (tertiary/aromatic N) is 2. The maximum atomic E-state index is 11.4. The van der Waals surface area contributed by atoms with E-state index in [1.165, 1.54) is 25.6 Å². The Labute approximate surface area is 528 Å². The number of carboxylic acid groups (broad SMARTS) is 1. The first-order chi connectivity index (χ1) is 44.8. The highest BCUT2D eigenvalue weighted by Crippen LogP contribution is 2.37. The van der Waals surface area contributed by atoms with E-state index < -0.39 is 12.6 Å². The molecular weight excluding hydrogens is 1190 g/mol. The molecule has 4 aromatic carbocycles. The summed E-state index contributed by atoms with van der Waals surface area (Å²) in [6.07, 6.45) is 7.62. The first kappa shape index (κ1) is 66.2. The minimum atomic E-state index is -1.09. The SMILES string of the molecule is COCOCOCOCOCOCOc1cccc(C#Cc2c3nc(c(C#Cc4cccc(OCOCOCOCOCOCOC)c4)c4ccc([nH]4)c(-c4ccc(OCC(=O)O)cc4)c4ccc(s4)c(C#Cc4cccc(OCOC)c4)c4nc2C=C4)C=C3)c1. The number of hydrogen-bond acceptors (Lipinski definition) is 21. The molecule has 2 N–H and O–H groups in total. The molecule has 2 aliphatic rings. The summed E-state index contributed by atoms with van der Waals surface area (Å²) in [5.41, 5.74) is 9.06. The number of ether oxygens (including phenoxy) is 17. The number of carboxylic acids is 1. The average molecular weight is 1260 g/mol. The van der Waals surface area contributed by atoms with Crippen molar-refractivity contribution in [3.8, 4) is 69.6 Å². The van der Waals surface area contributed by atoms with Crippen molar-refractivity contribution in [2.24, 2.45) is 0 Å². The van der Waals surface area contributed by atoms with Gasteiger partial charge in [-0.25, -0.2) is 14.8 Å². The van der Waals surface area contributed by atoms with Crippen LogP contribution in [0.5, 0.6) is 23.0 Å². The minimum Gasteiger partial charge on any atom is -0.482 e. The Kier molecular flexibility index (Phi) is 26.5. The van der Waals surface area contributed by atoms with Gasteiger partial charge in [-0.15, -0.1) is 11.3 Å². The van der Waals surface area contributed by atoms with E-state index in [0.29, 0.717) is 84.7 Å². The number of H-pyrrole nitrogens is 1. The summed E-state index contributed by atoms with van der Waals surface area (Å²) in [5, 5.41) is 9.35. The van der Waals surface area contributed by atoms with Gasteiger partial charge in [0.05, 0.1) is 45.0 Å². The number of hydrogen-bond donors (Lipinski definition) is 2. The zero-order valence-corrected chi connectivity index (χ0v) is 50.7. The van der Waals surface area contributed by atoms with Gasteiger partial charge >= 0.3 is 5.97 Å². The molecule has 0 fully saturated rings. The summed E-state index contributed by atoms with van der Waals surface area (Å²) in [7, 11) is 4.60. The fourth-order valence-corrected chi connectivity index (χ4v) is 9.46. The molecule has 8 bridgehead atoms. The van der Waals surface area contributed by atoms with Crippen molar-refractivity contribution in [3.63, 3.8) is 0 Å². The molecule has 0 saturated carbocycles. The van der Waals surface area contributed by atoms with E-state index in [2.05, 4.69) is 40.5 Å². The van der Waals surface area contributed by atoms with Crippen molar-refractivity contribution >= 4 is 62.0 Å². The molecule has 0 unspecified atom stereocenters. The largest absolute Gasteiger partial charge is 0.482 e. The molecule has 0 saturated heterocycles. The highest BCUT2D eigenvalue weighted by atomic mass is 32.1. The fraction of sp³-hybridized carbons (Fsp3) is 0.250. The van der Waals surface area contributed by atoms with Crippen LogP contribution >= 0.6 is 11.3 Å². The maximum absolute atomic E-state index is 11.4. The van der Waals surface area contributed by atoms with Crippen molar-refractivity contribution in [2.45, 2.75) is 0 Å². The number of methoxy groups -OCH3 is 3. The van der Waals surface area contributed by atoms with E-state index in [0.717, 1.165) is 26.0 Å². The second kappa shape index (κ2) is 36.4. The molecule has 0 aliphatic carbocycles. The monoisotopic (exact) mass is 1260 g/mol. The predicted molar refractivity (Wildman–Crippen MR) is 335 cm³/mol. The van der Waals surface area contributed by atoms with Crippen molar-refractivity contribution in [1.82, 2.24) is 15.0 Å². The number of rotatable bonds is 33. The van der Waals surface area contributed by atoms with Crippen LogP contribution in [0.2, 0.25) is 0 Å². The highest BCUT2D eigenvalue weighted by molar-refractivity contribution is 7.24. The molecule has 91 heavy (non-hydrogen) atoms. The third-order valence-electron chi connectivity index (χ3n) is 12.3. The Morgan fingerprint density at radius 3 is 1.30 bits per heavy atom. The normalized spacial score (nSPS) is 11.3. The van der Waals surface area contributed by atoms with Crippen LogP contribution in [-0.2, 0) is 66.4 Å². The van der Waals surface area contributed by atoms with E-state index in [1.807, 2.05) is 109 Å².